The number of rotatable bonds is 4. The molecule has 1 aliphatic rings. The summed E-state index contributed by atoms with van der Waals surface area (Å²) >= 11 is 0. The van der Waals surface area contributed by atoms with Crippen molar-refractivity contribution in [3.05, 3.63) is 83.4 Å². The van der Waals surface area contributed by atoms with Crippen molar-refractivity contribution >= 4 is 23.2 Å². The molecule has 2 amide bonds. The molecule has 0 aliphatic carbocycles. The molecule has 0 saturated carbocycles. The van der Waals surface area contributed by atoms with E-state index in [4.69, 9.17) is 9.47 Å². The van der Waals surface area contributed by atoms with Gasteiger partial charge in [0.05, 0.1) is 0 Å². The van der Waals surface area contributed by atoms with E-state index in [1.807, 2.05) is 31.2 Å². The van der Waals surface area contributed by atoms with E-state index in [1.165, 1.54) is 0 Å². The summed E-state index contributed by atoms with van der Waals surface area (Å²) in [6, 6.07) is 19.2. The largest absolute Gasteiger partial charge is 0.454 e. The molecule has 3 aromatic carbocycles. The third-order valence-electron chi connectivity index (χ3n) is 4.35. The summed E-state index contributed by atoms with van der Waals surface area (Å²) in [5.74, 6) is 0.749. The van der Waals surface area contributed by atoms with Crippen LogP contribution in [-0.2, 0) is 0 Å². The topological polar surface area (TPSA) is 76.7 Å². The van der Waals surface area contributed by atoms with E-state index < -0.39 is 0 Å². The molecule has 0 unspecified atom stereocenters. The van der Waals surface area contributed by atoms with Gasteiger partial charge in [-0.3, -0.25) is 9.59 Å². The lowest BCUT2D eigenvalue weighted by molar-refractivity contribution is 0.101. The number of benzene rings is 3. The van der Waals surface area contributed by atoms with Gasteiger partial charge in [0.2, 0.25) is 6.79 Å². The zero-order valence-electron chi connectivity index (χ0n) is 15.2. The van der Waals surface area contributed by atoms with Crippen LogP contribution < -0.4 is 20.1 Å². The normalized spacial score (nSPS) is 11.8. The minimum atomic E-state index is -0.274. The first kappa shape index (κ1) is 17.6. The summed E-state index contributed by atoms with van der Waals surface area (Å²) < 4.78 is 10.6. The number of hydrogen-bond donors (Lipinski definition) is 2. The molecule has 0 saturated heterocycles. The molecule has 2 N–H and O–H groups in total. The zero-order valence-corrected chi connectivity index (χ0v) is 15.2. The Hall–Kier alpha value is -3.80. The van der Waals surface area contributed by atoms with Crippen LogP contribution >= 0.6 is 0 Å². The average Bonchev–Trinajstić information content (AvgIpc) is 3.17. The maximum Gasteiger partial charge on any atom is 0.255 e. The van der Waals surface area contributed by atoms with Gasteiger partial charge in [-0.1, -0.05) is 17.7 Å². The Morgan fingerprint density at radius 1 is 0.714 bits per heavy atom. The van der Waals surface area contributed by atoms with Crippen molar-refractivity contribution in [2.24, 2.45) is 0 Å². The number of amides is 2. The van der Waals surface area contributed by atoms with Crippen LogP contribution in [0, 0.1) is 6.92 Å². The number of fused-ring (bicyclic) bond motifs is 1. The first-order valence-electron chi connectivity index (χ1n) is 8.77. The lowest BCUT2D eigenvalue weighted by atomic mass is 10.1. The van der Waals surface area contributed by atoms with Crippen LogP contribution in [0.1, 0.15) is 26.3 Å². The minimum absolute atomic E-state index is 0.179. The zero-order chi connectivity index (χ0) is 19.5. The minimum Gasteiger partial charge on any atom is -0.454 e. The second-order valence-electron chi connectivity index (χ2n) is 6.42. The SMILES string of the molecule is Cc1ccc(NC(=O)c2ccc(C(=O)Nc3ccc4c(c3)OCO4)cc2)cc1. The third kappa shape index (κ3) is 3.81. The fraction of sp³-hybridized carbons (Fsp3) is 0.0909. The van der Waals surface area contributed by atoms with Crippen LogP contribution in [0.3, 0.4) is 0 Å². The predicted octanol–water partition coefficient (Wildman–Crippen LogP) is 4.23. The molecule has 6 nitrogen and oxygen atoms in total. The Morgan fingerprint density at radius 2 is 1.25 bits per heavy atom. The fourth-order valence-electron chi connectivity index (χ4n) is 2.79. The lowest BCUT2D eigenvalue weighted by Crippen LogP contribution is -2.14. The molecule has 140 valence electrons. The number of carbonyl (C=O) groups excluding carboxylic acids is 2. The van der Waals surface area contributed by atoms with Gasteiger partial charge in [-0.05, 0) is 55.5 Å². The Balaban J connectivity index is 1.41. The molecule has 6 heteroatoms. The van der Waals surface area contributed by atoms with Crippen LogP contribution in [-0.4, -0.2) is 18.6 Å². The first-order chi connectivity index (χ1) is 13.6. The van der Waals surface area contributed by atoms with Gasteiger partial charge in [-0.2, -0.15) is 0 Å². The third-order valence-corrected chi connectivity index (χ3v) is 4.35. The quantitative estimate of drug-likeness (QED) is 0.717. The van der Waals surface area contributed by atoms with E-state index in [9.17, 15) is 9.59 Å². The molecule has 4 rings (SSSR count). The Labute approximate surface area is 162 Å². The van der Waals surface area contributed by atoms with Gasteiger partial charge >= 0.3 is 0 Å². The van der Waals surface area contributed by atoms with Gasteiger partial charge in [-0.15, -0.1) is 0 Å². The smallest absolute Gasteiger partial charge is 0.255 e. The number of ether oxygens (including phenoxy) is 2. The highest BCUT2D eigenvalue weighted by atomic mass is 16.7. The summed E-state index contributed by atoms with van der Waals surface area (Å²) in [6.45, 7) is 2.16. The van der Waals surface area contributed by atoms with Crippen LogP contribution in [0.4, 0.5) is 11.4 Å². The highest BCUT2D eigenvalue weighted by Gasteiger charge is 2.15. The molecule has 1 heterocycles. The lowest BCUT2D eigenvalue weighted by Gasteiger charge is -2.08. The molecule has 0 aromatic heterocycles. The molecule has 28 heavy (non-hydrogen) atoms. The van der Waals surface area contributed by atoms with Crippen molar-refractivity contribution in [2.45, 2.75) is 6.92 Å². The monoisotopic (exact) mass is 374 g/mol. The van der Waals surface area contributed by atoms with Crippen molar-refractivity contribution in [1.82, 2.24) is 0 Å². The molecule has 0 fully saturated rings. The molecular weight excluding hydrogens is 356 g/mol. The fourth-order valence-corrected chi connectivity index (χ4v) is 2.79. The van der Waals surface area contributed by atoms with Crippen LogP contribution in [0.25, 0.3) is 0 Å². The number of anilines is 2. The van der Waals surface area contributed by atoms with Gasteiger partial charge in [0, 0.05) is 28.6 Å². The number of aryl methyl sites for hydroxylation is 1. The van der Waals surface area contributed by atoms with E-state index in [2.05, 4.69) is 10.6 Å². The maximum absolute atomic E-state index is 12.4. The summed E-state index contributed by atoms with van der Waals surface area (Å²) in [4.78, 5) is 24.8. The molecule has 3 aromatic rings. The summed E-state index contributed by atoms with van der Waals surface area (Å²) in [7, 11) is 0. The first-order valence-corrected chi connectivity index (χ1v) is 8.77. The van der Waals surface area contributed by atoms with E-state index in [1.54, 1.807) is 42.5 Å². The highest BCUT2D eigenvalue weighted by molar-refractivity contribution is 6.07. The molecule has 0 bridgehead atoms. The van der Waals surface area contributed by atoms with Crippen molar-refractivity contribution < 1.29 is 19.1 Å². The van der Waals surface area contributed by atoms with Crippen LogP contribution in [0.15, 0.2) is 66.7 Å². The van der Waals surface area contributed by atoms with Crippen LogP contribution in [0.5, 0.6) is 11.5 Å². The number of nitrogens with one attached hydrogen (secondary N) is 2. The molecule has 0 atom stereocenters. The van der Waals surface area contributed by atoms with Gasteiger partial charge in [0.15, 0.2) is 11.5 Å². The highest BCUT2D eigenvalue weighted by Crippen LogP contribution is 2.34. The van der Waals surface area contributed by atoms with E-state index >= 15 is 0 Å². The van der Waals surface area contributed by atoms with Gasteiger partial charge in [0.1, 0.15) is 0 Å². The molecular formula is C22H18N2O4. The maximum atomic E-state index is 12.4. The average molecular weight is 374 g/mol. The Morgan fingerprint density at radius 3 is 1.89 bits per heavy atom. The Kier molecular flexibility index (Phi) is 4.68. The molecule has 1 aliphatic heterocycles. The molecule has 0 radical (unpaired) electrons. The second-order valence-corrected chi connectivity index (χ2v) is 6.42. The predicted molar refractivity (Wildman–Crippen MR) is 106 cm³/mol. The van der Waals surface area contributed by atoms with E-state index in [0.29, 0.717) is 28.3 Å². The number of carbonyl (C=O) groups is 2. The summed E-state index contributed by atoms with van der Waals surface area (Å²) in [5.41, 5.74) is 3.37. The number of hydrogen-bond acceptors (Lipinski definition) is 4. The van der Waals surface area contributed by atoms with Gasteiger partial charge in [0.25, 0.3) is 11.8 Å². The molecule has 0 spiro atoms. The Bertz CT molecular complexity index is 1030. The summed E-state index contributed by atoms with van der Waals surface area (Å²) in [5, 5.41) is 5.64. The van der Waals surface area contributed by atoms with Gasteiger partial charge in [-0.25, -0.2) is 0 Å². The standard InChI is InChI=1S/C22H18N2O4/c1-14-2-8-17(9-3-14)23-21(25)15-4-6-16(7-5-15)22(26)24-18-10-11-19-20(12-18)28-13-27-19/h2-12H,13H2,1H3,(H,23,25)(H,24,26). The van der Waals surface area contributed by atoms with E-state index in [-0.39, 0.29) is 18.6 Å². The van der Waals surface area contributed by atoms with E-state index in [0.717, 1.165) is 11.3 Å². The van der Waals surface area contributed by atoms with Crippen molar-refractivity contribution in [2.75, 3.05) is 17.4 Å². The van der Waals surface area contributed by atoms with Crippen molar-refractivity contribution in [3.8, 4) is 11.5 Å². The van der Waals surface area contributed by atoms with Crippen molar-refractivity contribution in [1.29, 1.82) is 0 Å². The summed E-state index contributed by atoms with van der Waals surface area (Å²) in [6.07, 6.45) is 0. The van der Waals surface area contributed by atoms with Crippen LogP contribution in [0.2, 0.25) is 0 Å². The van der Waals surface area contributed by atoms with Gasteiger partial charge < -0.3 is 20.1 Å². The van der Waals surface area contributed by atoms with Crippen molar-refractivity contribution in [3.63, 3.8) is 0 Å². The second kappa shape index (κ2) is 7.44.